The quantitative estimate of drug-likeness (QED) is 0.518. The van der Waals surface area contributed by atoms with E-state index in [0.29, 0.717) is 34.6 Å². The number of carbonyl (C=O) groups is 2. The fraction of sp³-hybridized carbons (Fsp3) is 0.190. The molecule has 0 radical (unpaired) electrons. The van der Waals surface area contributed by atoms with Crippen LogP contribution in [0, 0.1) is 0 Å². The van der Waals surface area contributed by atoms with E-state index in [-0.39, 0.29) is 12.2 Å². The number of nitrogens with one attached hydrogen (secondary N) is 1. The van der Waals surface area contributed by atoms with E-state index in [9.17, 15) is 14.4 Å². The van der Waals surface area contributed by atoms with Crippen molar-refractivity contribution in [1.82, 2.24) is 0 Å². The summed E-state index contributed by atoms with van der Waals surface area (Å²) in [6.45, 7) is 4.35. The van der Waals surface area contributed by atoms with Crippen molar-refractivity contribution in [2.24, 2.45) is 0 Å². The zero-order valence-corrected chi connectivity index (χ0v) is 15.5. The average molecular weight is 381 g/mol. The summed E-state index contributed by atoms with van der Waals surface area (Å²) in [5.41, 5.74) is 0.277. The molecule has 0 aliphatic rings. The number of carbonyl (C=O) groups excluding carboxylic acids is 2. The van der Waals surface area contributed by atoms with Crippen LogP contribution in [0.2, 0.25) is 0 Å². The monoisotopic (exact) mass is 381 g/mol. The lowest BCUT2D eigenvalue weighted by atomic mass is 10.1. The summed E-state index contributed by atoms with van der Waals surface area (Å²) < 4.78 is 15.5. The molecule has 0 saturated carbocycles. The number of hydrogen-bond acceptors (Lipinski definition) is 6. The zero-order valence-electron chi connectivity index (χ0n) is 15.5. The molecule has 2 aromatic carbocycles. The van der Waals surface area contributed by atoms with E-state index in [2.05, 4.69) is 5.32 Å². The molecule has 7 heteroatoms. The molecule has 7 nitrogen and oxygen atoms in total. The molecule has 1 amide bonds. The molecule has 0 aliphatic carbocycles. The number of hydrogen-bond donors (Lipinski definition) is 1. The van der Waals surface area contributed by atoms with Gasteiger partial charge in [0.15, 0.2) is 0 Å². The normalized spacial score (nSPS) is 10.5. The molecule has 3 rings (SSSR count). The highest BCUT2D eigenvalue weighted by Gasteiger charge is 2.15. The van der Waals surface area contributed by atoms with Gasteiger partial charge in [0.05, 0.1) is 18.8 Å². The van der Waals surface area contributed by atoms with Crippen molar-refractivity contribution in [3.8, 4) is 5.75 Å². The Hall–Kier alpha value is -3.61. The van der Waals surface area contributed by atoms with Crippen LogP contribution in [0.25, 0.3) is 11.0 Å². The van der Waals surface area contributed by atoms with Crippen LogP contribution in [0.15, 0.2) is 57.7 Å². The van der Waals surface area contributed by atoms with Crippen LogP contribution in [0.1, 0.15) is 34.6 Å². The standard InChI is InChI=1S/C21H19NO6/c1-3-26-16-10-7-14-11-17(21(25)28-18(14)12-16)19(23)22-15-8-5-13(6-9-15)20(24)27-4-2/h5-12H,3-4H2,1-2H3,(H,22,23). The van der Waals surface area contributed by atoms with E-state index in [1.165, 1.54) is 18.2 Å². The van der Waals surface area contributed by atoms with Crippen molar-refractivity contribution in [1.29, 1.82) is 0 Å². The lowest BCUT2D eigenvalue weighted by Gasteiger charge is -2.07. The van der Waals surface area contributed by atoms with Gasteiger partial charge in [-0.2, -0.15) is 0 Å². The van der Waals surface area contributed by atoms with Crippen molar-refractivity contribution >= 4 is 28.5 Å². The van der Waals surface area contributed by atoms with Gasteiger partial charge in [-0.1, -0.05) is 0 Å². The first-order valence-electron chi connectivity index (χ1n) is 8.81. The average Bonchev–Trinajstić information content (AvgIpc) is 2.68. The SMILES string of the molecule is CCOC(=O)c1ccc(NC(=O)c2cc3ccc(OCC)cc3oc2=O)cc1. The molecule has 1 heterocycles. The molecule has 0 saturated heterocycles. The van der Waals surface area contributed by atoms with E-state index in [0.717, 1.165) is 0 Å². The maximum Gasteiger partial charge on any atom is 0.349 e. The summed E-state index contributed by atoms with van der Waals surface area (Å²) in [5.74, 6) is -0.465. The van der Waals surface area contributed by atoms with Crippen LogP contribution in [0.4, 0.5) is 5.69 Å². The molecular weight excluding hydrogens is 362 g/mol. The summed E-state index contributed by atoms with van der Waals surface area (Å²) in [4.78, 5) is 36.4. The third-order valence-corrected chi connectivity index (χ3v) is 3.92. The van der Waals surface area contributed by atoms with Gasteiger partial charge in [0, 0.05) is 17.1 Å². The minimum absolute atomic E-state index is 0.119. The summed E-state index contributed by atoms with van der Waals surface area (Å²) in [6, 6.07) is 12.7. The topological polar surface area (TPSA) is 94.8 Å². The molecule has 0 bridgehead atoms. The molecule has 144 valence electrons. The van der Waals surface area contributed by atoms with Gasteiger partial charge in [-0.15, -0.1) is 0 Å². The maximum absolute atomic E-state index is 12.5. The molecule has 0 unspecified atom stereocenters. The molecular formula is C21H19NO6. The van der Waals surface area contributed by atoms with Gasteiger partial charge in [0.2, 0.25) is 0 Å². The van der Waals surface area contributed by atoms with Crippen molar-refractivity contribution in [3.63, 3.8) is 0 Å². The number of anilines is 1. The minimum atomic E-state index is -0.748. The van der Waals surface area contributed by atoms with Gasteiger partial charge < -0.3 is 19.2 Å². The van der Waals surface area contributed by atoms with Crippen LogP contribution in [0.5, 0.6) is 5.75 Å². The van der Waals surface area contributed by atoms with Gasteiger partial charge in [0.1, 0.15) is 16.9 Å². The van der Waals surface area contributed by atoms with E-state index >= 15 is 0 Å². The maximum atomic E-state index is 12.5. The van der Waals surface area contributed by atoms with Crippen LogP contribution in [-0.2, 0) is 4.74 Å². The predicted octanol–water partition coefficient (Wildman–Crippen LogP) is 3.62. The predicted molar refractivity (Wildman–Crippen MR) is 104 cm³/mol. The number of esters is 1. The molecule has 1 N–H and O–H groups in total. The van der Waals surface area contributed by atoms with Crippen LogP contribution in [0.3, 0.4) is 0 Å². The molecule has 0 spiro atoms. The highest BCUT2D eigenvalue weighted by atomic mass is 16.5. The second kappa shape index (κ2) is 8.39. The summed E-state index contributed by atoms with van der Waals surface area (Å²) in [7, 11) is 0. The number of ether oxygens (including phenoxy) is 2. The molecule has 0 aliphatic heterocycles. The van der Waals surface area contributed by atoms with Gasteiger partial charge in [-0.25, -0.2) is 9.59 Å². The largest absolute Gasteiger partial charge is 0.494 e. The van der Waals surface area contributed by atoms with Crippen molar-refractivity contribution in [2.75, 3.05) is 18.5 Å². The van der Waals surface area contributed by atoms with E-state index < -0.39 is 17.5 Å². The molecule has 28 heavy (non-hydrogen) atoms. The highest BCUT2D eigenvalue weighted by molar-refractivity contribution is 6.05. The first-order valence-corrected chi connectivity index (χ1v) is 8.81. The first kappa shape index (κ1) is 19.2. The second-order valence-electron chi connectivity index (χ2n) is 5.83. The fourth-order valence-electron chi connectivity index (χ4n) is 2.61. The summed E-state index contributed by atoms with van der Waals surface area (Å²) in [6.07, 6.45) is 0. The van der Waals surface area contributed by atoms with E-state index in [1.807, 2.05) is 6.92 Å². The number of amides is 1. The second-order valence-corrected chi connectivity index (χ2v) is 5.83. The minimum Gasteiger partial charge on any atom is -0.494 e. The number of rotatable bonds is 6. The molecule has 1 aromatic heterocycles. The smallest absolute Gasteiger partial charge is 0.349 e. The third kappa shape index (κ3) is 4.20. The van der Waals surface area contributed by atoms with E-state index in [4.69, 9.17) is 13.9 Å². The Bertz CT molecular complexity index is 1070. The Morgan fingerprint density at radius 1 is 1.00 bits per heavy atom. The lowest BCUT2D eigenvalue weighted by molar-refractivity contribution is 0.0526. The Labute approximate surface area is 160 Å². The summed E-state index contributed by atoms with van der Waals surface area (Å²) >= 11 is 0. The Balaban J connectivity index is 1.81. The van der Waals surface area contributed by atoms with Crippen molar-refractivity contribution < 1.29 is 23.5 Å². The van der Waals surface area contributed by atoms with Gasteiger partial charge in [0.25, 0.3) is 5.91 Å². The molecule has 0 atom stereocenters. The van der Waals surface area contributed by atoms with Gasteiger partial charge in [-0.05, 0) is 56.3 Å². The number of benzene rings is 2. The fourth-order valence-corrected chi connectivity index (χ4v) is 2.61. The number of fused-ring (bicyclic) bond motifs is 1. The Morgan fingerprint density at radius 2 is 1.75 bits per heavy atom. The molecule has 3 aromatic rings. The van der Waals surface area contributed by atoms with Crippen LogP contribution < -0.4 is 15.7 Å². The Kier molecular flexibility index (Phi) is 5.74. The van der Waals surface area contributed by atoms with E-state index in [1.54, 1.807) is 37.3 Å². The van der Waals surface area contributed by atoms with Gasteiger partial charge in [-0.3, -0.25) is 4.79 Å². The highest BCUT2D eigenvalue weighted by Crippen LogP contribution is 2.21. The van der Waals surface area contributed by atoms with Crippen LogP contribution in [-0.4, -0.2) is 25.1 Å². The first-order chi connectivity index (χ1) is 13.5. The summed E-state index contributed by atoms with van der Waals surface area (Å²) in [5, 5.41) is 3.22. The Morgan fingerprint density at radius 3 is 2.43 bits per heavy atom. The van der Waals surface area contributed by atoms with Crippen molar-refractivity contribution in [2.45, 2.75) is 13.8 Å². The zero-order chi connectivity index (χ0) is 20.1. The van der Waals surface area contributed by atoms with Crippen molar-refractivity contribution in [3.05, 3.63) is 70.1 Å². The lowest BCUT2D eigenvalue weighted by Crippen LogP contribution is -2.20. The van der Waals surface area contributed by atoms with Gasteiger partial charge >= 0.3 is 11.6 Å². The third-order valence-electron chi connectivity index (χ3n) is 3.92. The molecule has 0 fully saturated rings. The van der Waals surface area contributed by atoms with Crippen LogP contribution >= 0.6 is 0 Å².